The maximum absolute atomic E-state index is 13.6. The Bertz CT molecular complexity index is 618. The Hall–Kier alpha value is -1.75. The summed E-state index contributed by atoms with van der Waals surface area (Å²) in [5.74, 6) is -1.09. The van der Waals surface area contributed by atoms with Gasteiger partial charge in [-0.2, -0.15) is 5.10 Å². The molecule has 0 amide bonds. The number of aromatic nitrogens is 2. The van der Waals surface area contributed by atoms with Crippen molar-refractivity contribution in [3.05, 3.63) is 52.9 Å². The Balaban J connectivity index is 1.73. The average Bonchev–Trinajstić information content (AvgIpc) is 3.17. The maximum Gasteiger partial charge on any atom is 0.131 e. The monoisotopic (exact) mass is 277 g/mol. The number of benzene rings is 1. The largest absolute Gasteiger partial charge is 0.310 e. The molecule has 1 saturated carbocycles. The molecular formula is C15H17F2N3. The summed E-state index contributed by atoms with van der Waals surface area (Å²) in [5, 5.41) is 7.72. The van der Waals surface area contributed by atoms with Gasteiger partial charge in [-0.05, 0) is 25.8 Å². The van der Waals surface area contributed by atoms with Gasteiger partial charge in [0.25, 0.3) is 0 Å². The Labute approximate surface area is 116 Å². The SMILES string of the molecule is Cc1c(CNC2CC2)cnn1Cc1ccc(F)cc1F. The number of halogens is 2. The zero-order valence-corrected chi connectivity index (χ0v) is 11.4. The fraction of sp³-hybridized carbons (Fsp3) is 0.400. The lowest BCUT2D eigenvalue weighted by atomic mass is 10.2. The number of nitrogens with one attached hydrogen (secondary N) is 1. The van der Waals surface area contributed by atoms with E-state index in [9.17, 15) is 8.78 Å². The van der Waals surface area contributed by atoms with Crippen LogP contribution in [0.15, 0.2) is 24.4 Å². The standard InChI is InChI=1S/C15H17F2N3/c1-10-12(7-18-14-4-5-14)8-19-20(10)9-11-2-3-13(16)6-15(11)17/h2-3,6,8,14,18H,4-5,7,9H2,1H3. The van der Waals surface area contributed by atoms with Gasteiger partial charge < -0.3 is 5.32 Å². The van der Waals surface area contributed by atoms with Crippen LogP contribution in [0.25, 0.3) is 0 Å². The molecule has 106 valence electrons. The van der Waals surface area contributed by atoms with Gasteiger partial charge in [-0.3, -0.25) is 4.68 Å². The summed E-state index contributed by atoms with van der Waals surface area (Å²) in [6.07, 6.45) is 4.30. The van der Waals surface area contributed by atoms with E-state index in [2.05, 4.69) is 10.4 Å². The predicted octanol–water partition coefficient (Wildman–Crippen LogP) is 2.77. The lowest BCUT2D eigenvalue weighted by Crippen LogP contribution is -2.16. The van der Waals surface area contributed by atoms with Gasteiger partial charge >= 0.3 is 0 Å². The van der Waals surface area contributed by atoms with Crippen LogP contribution in [0.3, 0.4) is 0 Å². The summed E-state index contributed by atoms with van der Waals surface area (Å²) >= 11 is 0. The van der Waals surface area contributed by atoms with Gasteiger partial charge in [-0.1, -0.05) is 6.07 Å². The van der Waals surface area contributed by atoms with E-state index >= 15 is 0 Å². The van der Waals surface area contributed by atoms with Crippen molar-refractivity contribution in [2.24, 2.45) is 0 Å². The minimum atomic E-state index is -0.558. The average molecular weight is 277 g/mol. The maximum atomic E-state index is 13.6. The number of rotatable bonds is 5. The molecule has 0 bridgehead atoms. The minimum Gasteiger partial charge on any atom is -0.310 e. The predicted molar refractivity (Wildman–Crippen MR) is 72.3 cm³/mol. The van der Waals surface area contributed by atoms with Crippen LogP contribution in [0, 0.1) is 18.6 Å². The molecule has 3 rings (SSSR count). The van der Waals surface area contributed by atoms with Crippen LogP contribution in [0.4, 0.5) is 8.78 Å². The fourth-order valence-corrected chi connectivity index (χ4v) is 2.17. The van der Waals surface area contributed by atoms with Gasteiger partial charge in [0.1, 0.15) is 11.6 Å². The second-order valence-electron chi connectivity index (χ2n) is 5.30. The zero-order chi connectivity index (χ0) is 14.1. The van der Waals surface area contributed by atoms with Crippen molar-refractivity contribution in [1.29, 1.82) is 0 Å². The highest BCUT2D eigenvalue weighted by atomic mass is 19.1. The molecule has 0 atom stereocenters. The van der Waals surface area contributed by atoms with Crippen molar-refractivity contribution in [3.8, 4) is 0 Å². The molecule has 1 aromatic heterocycles. The van der Waals surface area contributed by atoms with Crippen molar-refractivity contribution in [1.82, 2.24) is 15.1 Å². The highest BCUT2D eigenvalue weighted by molar-refractivity contribution is 5.22. The second-order valence-corrected chi connectivity index (χ2v) is 5.30. The van der Waals surface area contributed by atoms with Crippen molar-refractivity contribution in [3.63, 3.8) is 0 Å². The molecule has 1 aliphatic rings. The van der Waals surface area contributed by atoms with Crippen LogP contribution in [0.5, 0.6) is 0 Å². The Morgan fingerprint density at radius 2 is 2.10 bits per heavy atom. The summed E-state index contributed by atoms with van der Waals surface area (Å²) < 4.78 is 28.3. The van der Waals surface area contributed by atoms with Crippen LogP contribution < -0.4 is 5.32 Å². The Morgan fingerprint density at radius 1 is 1.30 bits per heavy atom. The van der Waals surface area contributed by atoms with Crippen LogP contribution in [0.1, 0.15) is 29.7 Å². The highest BCUT2D eigenvalue weighted by Crippen LogP contribution is 2.20. The van der Waals surface area contributed by atoms with Crippen molar-refractivity contribution in [2.45, 2.75) is 38.9 Å². The third-order valence-corrected chi connectivity index (χ3v) is 3.70. The smallest absolute Gasteiger partial charge is 0.131 e. The molecule has 1 fully saturated rings. The van der Waals surface area contributed by atoms with Crippen LogP contribution >= 0.6 is 0 Å². The third-order valence-electron chi connectivity index (χ3n) is 3.70. The molecule has 1 aromatic carbocycles. The molecule has 1 aliphatic carbocycles. The number of hydrogen-bond donors (Lipinski definition) is 1. The molecular weight excluding hydrogens is 260 g/mol. The van der Waals surface area contributed by atoms with Gasteiger partial charge in [0, 0.05) is 35.5 Å². The molecule has 0 unspecified atom stereocenters. The second kappa shape index (κ2) is 5.32. The van der Waals surface area contributed by atoms with E-state index in [-0.39, 0.29) is 0 Å². The summed E-state index contributed by atoms with van der Waals surface area (Å²) in [4.78, 5) is 0. The Morgan fingerprint density at radius 3 is 2.80 bits per heavy atom. The molecule has 0 aliphatic heterocycles. The molecule has 20 heavy (non-hydrogen) atoms. The van der Waals surface area contributed by atoms with Crippen molar-refractivity contribution in [2.75, 3.05) is 0 Å². The first-order valence-electron chi connectivity index (χ1n) is 6.82. The van der Waals surface area contributed by atoms with Gasteiger partial charge in [0.15, 0.2) is 0 Å². The summed E-state index contributed by atoms with van der Waals surface area (Å²) in [5.41, 5.74) is 2.58. The molecule has 0 radical (unpaired) electrons. The van der Waals surface area contributed by atoms with E-state index in [1.807, 2.05) is 13.1 Å². The minimum absolute atomic E-state index is 0.321. The molecule has 1 heterocycles. The van der Waals surface area contributed by atoms with E-state index in [4.69, 9.17) is 0 Å². The van der Waals surface area contributed by atoms with Crippen molar-refractivity contribution >= 4 is 0 Å². The topological polar surface area (TPSA) is 29.9 Å². The third kappa shape index (κ3) is 2.88. The van der Waals surface area contributed by atoms with Gasteiger partial charge in [-0.15, -0.1) is 0 Å². The van der Waals surface area contributed by atoms with E-state index < -0.39 is 11.6 Å². The molecule has 1 N–H and O–H groups in total. The van der Waals surface area contributed by atoms with Crippen LogP contribution in [-0.2, 0) is 13.1 Å². The zero-order valence-electron chi connectivity index (χ0n) is 11.4. The Kier molecular flexibility index (Phi) is 3.53. The van der Waals surface area contributed by atoms with Crippen LogP contribution in [0.2, 0.25) is 0 Å². The van der Waals surface area contributed by atoms with E-state index in [1.54, 1.807) is 4.68 Å². The first kappa shape index (κ1) is 13.2. The summed E-state index contributed by atoms with van der Waals surface area (Å²) in [6.45, 7) is 3.09. The summed E-state index contributed by atoms with van der Waals surface area (Å²) in [6, 6.07) is 4.29. The molecule has 0 spiro atoms. The first-order valence-corrected chi connectivity index (χ1v) is 6.82. The van der Waals surface area contributed by atoms with Crippen LogP contribution in [-0.4, -0.2) is 15.8 Å². The first-order chi connectivity index (χ1) is 9.63. The molecule has 2 aromatic rings. The number of hydrogen-bond acceptors (Lipinski definition) is 2. The number of nitrogens with zero attached hydrogens (tertiary/aromatic N) is 2. The van der Waals surface area contributed by atoms with Gasteiger partial charge in [0.05, 0.1) is 12.7 Å². The molecule has 5 heteroatoms. The highest BCUT2D eigenvalue weighted by Gasteiger charge is 2.20. The molecule has 0 saturated heterocycles. The van der Waals surface area contributed by atoms with Crippen molar-refractivity contribution < 1.29 is 8.78 Å². The molecule has 3 nitrogen and oxygen atoms in total. The van der Waals surface area contributed by atoms with E-state index in [1.165, 1.54) is 25.0 Å². The fourth-order valence-electron chi connectivity index (χ4n) is 2.17. The normalized spacial score (nSPS) is 14.8. The van der Waals surface area contributed by atoms with Gasteiger partial charge in [0.2, 0.25) is 0 Å². The van der Waals surface area contributed by atoms with E-state index in [0.717, 1.165) is 23.9 Å². The summed E-state index contributed by atoms with van der Waals surface area (Å²) in [7, 11) is 0. The quantitative estimate of drug-likeness (QED) is 0.910. The van der Waals surface area contributed by atoms with Gasteiger partial charge in [-0.25, -0.2) is 8.78 Å². The lowest BCUT2D eigenvalue weighted by Gasteiger charge is -2.07. The van der Waals surface area contributed by atoms with E-state index in [0.29, 0.717) is 18.2 Å². The lowest BCUT2D eigenvalue weighted by molar-refractivity contribution is 0.555.